The van der Waals surface area contributed by atoms with Crippen LogP contribution in [0, 0.1) is 17.3 Å². The molecule has 1 aromatic heterocycles. The van der Waals surface area contributed by atoms with E-state index in [1.165, 1.54) is 6.26 Å². The van der Waals surface area contributed by atoms with E-state index >= 15 is 0 Å². The maximum absolute atomic E-state index is 12.3. The van der Waals surface area contributed by atoms with Crippen LogP contribution in [0.1, 0.15) is 24.4 Å². The Bertz CT molecular complexity index is 809. The second-order valence-electron chi connectivity index (χ2n) is 6.61. The van der Waals surface area contributed by atoms with Crippen LogP contribution in [0.2, 0.25) is 0 Å². The molecular weight excluding hydrogens is 324 g/mol. The SMILES string of the molecule is CC1(C)[C@H](C(=O)O)[C@@H]1C(=O)Nc1ccc(NC(=O)c2ccco2)cc1. The van der Waals surface area contributed by atoms with E-state index in [9.17, 15) is 14.4 Å². The van der Waals surface area contributed by atoms with E-state index in [1.54, 1.807) is 50.2 Å². The van der Waals surface area contributed by atoms with E-state index in [2.05, 4.69) is 10.6 Å². The topological polar surface area (TPSA) is 109 Å². The fourth-order valence-corrected chi connectivity index (χ4v) is 3.05. The van der Waals surface area contributed by atoms with Crippen LogP contribution in [0.15, 0.2) is 47.1 Å². The minimum atomic E-state index is -0.957. The summed E-state index contributed by atoms with van der Waals surface area (Å²) in [5.74, 6) is -2.66. The van der Waals surface area contributed by atoms with E-state index in [-0.39, 0.29) is 17.6 Å². The first-order valence-corrected chi connectivity index (χ1v) is 7.79. The maximum Gasteiger partial charge on any atom is 0.307 e. The molecule has 1 heterocycles. The number of carbonyl (C=O) groups is 3. The van der Waals surface area contributed by atoms with Gasteiger partial charge in [0.2, 0.25) is 5.91 Å². The van der Waals surface area contributed by atoms with Crippen LogP contribution < -0.4 is 10.6 Å². The Labute approximate surface area is 144 Å². The average molecular weight is 342 g/mol. The van der Waals surface area contributed by atoms with Crippen LogP contribution in [-0.4, -0.2) is 22.9 Å². The number of hydrogen-bond acceptors (Lipinski definition) is 4. The molecule has 0 aliphatic heterocycles. The monoisotopic (exact) mass is 342 g/mol. The molecule has 1 aromatic carbocycles. The number of amides is 2. The molecule has 2 aromatic rings. The van der Waals surface area contributed by atoms with Crippen molar-refractivity contribution in [3.8, 4) is 0 Å². The number of hydrogen-bond donors (Lipinski definition) is 3. The summed E-state index contributed by atoms with van der Waals surface area (Å²) in [6, 6.07) is 9.74. The molecule has 0 spiro atoms. The number of carboxylic acid groups (broad SMARTS) is 1. The highest BCUT2D eigenvalue weighted by atomic mass is 16.4. The second-order valence-corrected chi connectivity index (χ2v) is 6.61. The van der Waals surface area contributed by atoms with Crippen molar-refractivity contribution >= 4 is 29.2 Å². The molecule has 0 unspecified atom stereocenters. The van der Waals surface area contributed by atoms with Gasteiger partial charge < -0.3 is 20.2 Å². The van der Waals surface area contributed by atoms with Crippen LogP contribution in [0.25, 0.3) is 0 Å². The molecule has 25 heavy (non-hydrogen) atoms. The molecule has 7 heteroatoms. The Hall–Kier alpha value is -3.09. The predicted octanol–water partition coefficient (Wildman–Crippen LogP) is 2.83. The fraction of sp³-hybridized carbons (Fsp3) is 0.278. The van der Waals surface area contributed by atoms with Crippen LogP contribution in [0.5, 0.6) is 0 Å². The normalized spacial score (nSPS) is 20.6. The Morgan fingerprint density at radius 3 is 2.08 bits per heavy atom. The molecular formula is C18H18N2O5. The highest BCUT2D eigenvalue weighted by Gasteiger charge is 2.65. The van der Waals surface area contributed by atoms with E-state index in [0.717, 1.165) is 0 Å². The summed E-state index contributed by atoms with van der Waals surface area (Å²) in [5.41, 5.74) is 0.537. The quantitative estimate of drug-likeness (QED) is 0.774. The van der Waals surface area contributed by atoms with Crippen LogP contribution >= 0.6 is 0 Å². The smallest absolute Gasteiger partial charge is 0.307 e. The van der Waals surface area contributed by atoms with Crippen molar-refractivity contribution in [1.29, 1.82) is 0 Å². The van der Waals surface area contributed by atoms with Crippen molar-refractivity contribution in [2.45, 2.75) is 13.8 Å². The maximum atomic E-state index is 12.3. The molecule has 3 N–H and O–H groups in total. The molecule has 2 amide bonds. The molecule has 0 bridgehead atoms. The van der Waals surface area contributed by atoms with Crippen molar-refractivity contribution in [2.24, 2.45) is 17.3 Å². The first-order chi connectivity index (χ1) is 11.8. The molecule has 2 atom stereocenters. The average Bonchev–Trinajstić information content (AvgIpc) is 2.90. The van der Waals surface area contributed by atoms with Gasteiger partial charge in [-0.1, -0.05) is 13.8 Å². The summed E-state index contributed by atoms with van der Waals surface area (Å²) in [7, 11) is 0. The van der Waals surface area contributed by atoms with Gasteiger partial charge in [-0.25, -0.2) is 0 Å². The molecule has 0 saturated heterocycles. The number of carboxylic acids is 1. The van der Waals surface area contributed by atoms with Crippen LogP contribution in [0.4, 0.5) is 11.4 Å². The van der Waals surface area contributed by atoms with Crippen LogP contribution in [-0.2, 0) is 9.59 Å². The van der Waals surface area contributed by atoms with Gasteiger partial charge in [-0.3, -0.25) is 14.4 Å². The minimum absolute atomic E-state index is 0.202. The molecule has 7 nitrogen and oxygen atoms in total. The Balaban J connectivity index is 1.61. The van der Waals surface area contributed by atoms with Gasteiger partial charge in [-0.05, 0) is 41.8 Å². The summed E-state index contributed by atoms with van der Waals surface area (Å²) >= 11 is 0. The van der Waals surface area contributed by atoms with E-state index < -0.39 is 23.2 Å². The molecule has 1 saturated carbocycles. The molecule has 1 aliphatic carbocycles. The van der Waals surface area contributed by atoms with Crippen molar-refractivity contribution in [3.05, 3.63) is 48.4 Å². The number of carbonyl (C=O) groups excluding carboxylic acids is 2. The van der Waals surface area contributed by atoms with Gasteiger partial charge in [0.05, 0.1) is 18.1 Å². The van der Waals surface area contributed by atoms with Gasteiger partial charge in [-0.15, -0.1) is 0 Å². The third-order valence-corrected chi connectivity index (χ3v) is 4.53. The van der Waals surface area contributed by atoms with E-state index in [0.29, 0.717) is 11.4 Å². The van der Waals surface area contributed by atoms with Gasteiger partial charge in [-0.2, -0.15) is 0 Å². The number of anilines is 2. The minimum Gasteiger partial charge on any atom is -0.481 e. The van der Waals surface area contributed by atoms with Gasteiger partial charge in [0.25, 0.3) is 5.91 Å². The van der Waals surface area contributed by atoms with Gasteiger partial charge in [0.1, 0.15) is 0 Å². The number of aliphatic carboxylic acids is 1. The first kappa shape index (κ1) is 16.8. The van der Waals surface area contributed by atoms with Crippen LogP contribution in [0.3, 0.4) is 0 Å². The lowest BCUT2D eigenvalue weighted by atomic mass is 10.1. The first-order valence-electron chi connectivity index (χ1n) is 7.79. The molecule has 1 aliphatic rings. The van der Waals surface area contributed by atoms with E-state index in [1.807, 2.05) is 0 Å². The number of nitrogens with one attached hydrogen (secondary N) is 2. The number of benzene rings is 1. The molecule has 130 valence electrons. The molecule has 1 fully saturated rings. The summed E-state index contributed by atoms with van der Waals surface area (Å²) in [4.78, 5) is 35.3. The van der Waals surface area contributed by atoms with Gasteiger partial charge in [0, 0.05) is 11.4 Å². The van der Waals surface area contributed by atoms with Crippen molar-refractivity contribution in [2.75, 3.05) is 10.6 Å². The Morgan fingerprint density at radius 1 is 1.00 bits per heavy atom. The second kappa shape index (κ2) is 6.08. The summed E-state index contributed by atoms with van der Waals surface area (Å²) in [6.07, 6.45) is 1.41. The molecule has 3 rings (SSSR count). The number of furan rings is 1. The van der Waals surface area contributed by atoms with Crippen molar-refractivity contribution in [1.82, 2.24) is 0 Å². The number of rotatable bonds is 5. The summed E-state index contributed by atoms with van der Waals surface area (Å²) < 4.78 is 5.01. The standard InChI is InChI=1S/C18H18N2O5/c1-18(2)13(14(18)17(23)24)16(22)20-11-7-5-10(6-8-11)19-15(21)12-4-3-9-25-12/h3-9,13-14H,1-2H3,(H,19,21)(H,20,22)(H,23,24)/t13-,14+/m1/s1. The Kier molecular flexibility index (Phi) is 4.08. The molecule has 0 radical (unpaired) electrons. The lowest BCUT2D eigenvalue weighted by Crippen LogP contribution is -2.17. The Morgan fingerprint density at radius 2 is 1.60 bits per heavy atom. The van der Waals surface area contributed by atoms with Crippen molar-refractivity contribution < 1.29 is 23.9 Å². The predicted molar refractivity (Wildman–Crippen MR) is 90.1 cm³/mol. The highest BCUT2D eigenvalue weighted by Crippen LogP contribution is 2.58. The zero-order chi connectivity index (χ0) is 18.2. The fourth-order valence-electron chi connectivity index (χ4n) is 3.05. The summed E-state index contributed by atoms with van der Waals surface area (Å²) in [6.45, 7) is 3.53. The zero-order valence-corrected chi connectivity index (χ0v) is 13.8. The zero-order valence-electron chi connectivity index (χ0n) is 13.8. The summed E-state index contributed by atoms with van der Waals surface area (Å²) in [5, 5.41) is 14.5. The van der Waals surface area contributed by atoms with E-state index in [4.69, 9.17) is 9.52 Å². The lowest BCUT2D eigenvalue weighted by molar-refractivity contribution is -0.140. The largest absolute Gasteiger partial charge is 0.481 e. The lowest BCUT2D eigenvalue weighted by Gasteiger charge is -2.08. The van der Waals surface area contributed by atoms with Gasteiger partial charge >= 0.3 is 5.97 Å². The van der Waals surface area contributed by atoms with Gasteiger partial charge in [0.15, 0.2) is 5.76 Å². The third-order valence-electron chi connectivity index (χ3n) is 4.53. The third kappa shape index (κ3) is 3.26. The highest BCUT2D eigenvalue weighted by molar-refractivity contribution is 6.03. The van der Waals surface area contributed by atoms with Crippen molar-refractivity contribution in [3.63, 3.8) is 0 Å².